The van der Waals surface area contributed by atoms with E-state index in [9.17, 15) is 0 Å². The van der Waals surface area contributed by atoms with Gasteiger partial charge in [0.2, 0.25) is 0 Å². The van der Waals surface area contributed by atoms with E-state index in [1.54, 1.807) is 0 Å². The molecule has 2 aliphatic rings. The van der Waals surface area contributed by atoms with Crippen molar-refractivity contribution in [3.8, 4) is 11.3 Å². The van der Waals surface area contributed by atoms with Crippen LogP contribution in [-0.4, -0.2) is 51.7 Å². The number of fused-ring (bicyclic) bond motifs is 6. The van der Waals surface area contributed by atoms with Gasteiger partial charge in [0.05, 0.1) is 47.0 Å². The lowest BCUT2D eigenvalue weighted by Gasteiger charge is -2.27. The van der Waals surface area contributed by atoms with Gasteiger partial charge in [-0.1, -0.05) is 6.07 Å². The molecule has 2 N–H and O–H groups in total. The second-order valence-electron chi connectivity index (χ2n) is 8.83. The SMILES string of the molecule is c1cc2[nH]ncc2cc1-c1nc2ccc3[nH]nc(N4CCOCC4)c3c2c2c1CCCC2. The van der Waals surface area contributed by atoms with Crippen LogP contribution in [0.25, 0.3) is 44.0 Å². The zero-order chi connectivity index (χ0) is 21.1. The van der Waals surface area contributed by atoms with Gasteiger partial charge in [0.15, 0.2) is 5.82 Å². The standard InChI is InChI=1S/C25H24N6O/c1-2-4-18-17(3-1)22-20(27-24(18)15-5-6-19-16(13-15)14-26-28-19)7-8-21-23(22)25(30-29-21)31-9-11-32-12-10-31/h5-8,13-14H,1-4,9-12H2,(H,26,28)(H,29,30). The van der Waals surface area contributed by atoms with Crippen LogP contribution in [0.15, 0.2) is 36.5 Å². The lowest BCUT2D eigenvalue weighted by molar-refractivity contribution is 0.122. The first-order valence-electron chi connectivity index (χ1n) is 11.5. The van der Waals surface area contributed by atoms with Crippen molar-refractivity contribution in [2.24, 2.45) is 0 Å². The molecule has 0 unspecified atom stereocenters. The largest absolute Gasteiger partial charge is 0.378 e. The molecule has 32 heavy (non-hydrogen) atoms. The van der Waals surface area contributed by atoms with E-state index in [1.165, 1.54) is 40.3 Å². The predicted molar refractivity (Wildman–Crippen MR) is 126 cm³/mol. The highest BCUT2D eigenvalue weighted by Gasteiger charge is 2.25. The second-order valence-corrected chi connectivity index (χ2v) is 8.83. The number of aromatic amines is 2. The molecule has 3 aromatic heterocycles. The van der Waals surface area contributed by atoms with Crippen LogP contribution in [0, 0.1) is 0 Å². The van der Waals surface area contributed by atoms with E-state index < -0.39 is 0 Å². The molecule has 0 saturated carbocycles. The molecule has 5 aromatic rings. The maximum atomic E-state index is 5.58. The first kappa shape index (κ1) is 18.2. The van der Waals surface area contributed by atoms with Crippen molar-refractivity contribution >= 4 is 38.5 Å². The van der Waals surface area contributed by atoms with Crippen LogP contribution < -0.4 is 4.90 Å². The van der Waals surface area contributed by atoms with Crippen LogP contribution in [0.5, 0.6) is 0 Å². The summed E-state index contributed by atoms with van der Waals surface area (Å²) in [6.45, 7) is 3.23. The van der Waals surface area contributed by atoms with Gasteiger partial charge >= 0.3 is 0 Å². The second kappa shape index (κ2) is 7.03. The molecule has 1 aliphatic heterocycles. The first-order chi connectivity index (χ1) is 15.9. The molecule has 1 saturated heterocycles. The number of hydrogen-bond donors (Lipinski definition) is 2. The van der Waals surface area contributed by atoms with Gasteiger partial charge in [0.1, 0.15) is 0 Å². The maximum Gasteiger partial charge on any atom is 0.159 e. The van der Waals surface area contributed by atoms with Crippen molar-refractivity contribution in [1.29, 1.82) is 0 Å². The molecule has 2 aromatic carbocycles. The molecule has 0 spiro atoms. The molecule has 1 aliphatic carbocycles. The Hall–Kier alpha value is -3.45. The fraction of sp³-hybridized carbons (Fsp3) is 0.320. The number of anilines is 1. The number of H-pyrrole nitrogens is 2. The Balaban J connectivity index is 1.51. The molecule has 7 rings (SSSR count). The van der Waals surface area contributed by atoms with Crippen LogP contribution in [0.1, 0.15) is 24.0 Å². The van der Waals surface area contributed by atoms with Crippen molar-refractivity contribution in [1.82, 2.24) is 25.4 Å². The summed E-state index contributed by atoms with van der Waals surface area (Å²) in [5.74, 6) is 1.04. The Morgan fingerprint density at radius 1 is 0.875 bits per heavy atom. The van der Waals surface area contributed by atoms with Crippen molar-refractivity contribution in [3.63, 3.8) is 0 Å². The van der Waals surface area contributed by atoms with Crippen molar-refractivity contribution < 1.29 is 4.74 Å². The van der Waals surface area contributed by atoms with E-state index in [1.807, 2.05) is 6.20 Å². The zero-order valence-corrected chi connectivity index (χ0v) is 17.8. The first-order valence-corrected chi connectivity index (χ1v) is 11.5. The van der Waals surface area contributed by atoms with E-state index >= 15 is 0 Å². The average Bonchev–Trinajstić information content (AvgIpc) is 3.50. The van der Waals surface area contributed by atoms with Crippen LogP contribution in [0.4, 0.5) is 5.82 Å². The molecule has 0 radical (unpaired) electrons. The van der Waals surface area contributed by atoms with E-state index in [-0.39, 0.29) is 0 Å². The summed E-state index contributed by atoms with van der Waals surface area (Å²) in [5, 5.41) is 18.9. The number of ether oxygens (including phenoxy) is 1. The van der Waals surface area contributed by atoms with Crippen molar-refractivity contribution in [3.05, 3.63) is 47.7 Å². The zero-order valence-electron chi connectivity index (χ0n) is 17.8. The highest BCUT2D eigenvalue weighted by atomic mass is 16.5. The molecule has 160 valence electrons. The molecule has 7 heteroatoms. The minimum Gasteiger partial charge on any atom is -0.378 e. The normalized spacial score (nSPS) is 16.8. The Labute approximate surface area is 184 Å². The number of nitrogens with zero attached hydrogens (tertiary/aromatic N) is 4. The number of hydrogen-bond acceptors (Lipinski definition) is 5. The molecular weight excluding hydrogens is 400 g/mol. The lowest BCUT2D eigenvalue weighted by atomic mass is 9.85. The summed E-state index contributed by atoms with van der Waals surface area (Å²) in [4.78, 5) is 7.60. The number of aromatic nitrogens is 5. The molecule has 4 heterocycles. The van der Waals surface area contributed by atoms with Crippen LogP contribution >= 0.6 is 0 Å². The minimum atomic E-state index is 0.746. The minimum absolute atomic E-state index is 0.746. The summed E-state index contributed by atoms with van der Waals surface area (Å²) >= 11 is 0. The van der Waals surface area contributed by atoms with Gasteiger partial charge in [-0.2, -0.15) is 10.2 Å². The number of benzene rings is 2. The summed E-state index contributed by atoms with van der Waals surface area (Å²) in [6.07, 6.45) is 6.46. The van der Waals surface area contributed by atoms with E-state index in [2.05, 4.69) is 50.5 Å². The van der Waals surface area contributed by atoms with E-state index in [0.29, 0.717) is 0 Å². The number of morpholine rings is 1. The van der Waals surface area contributed by atoms with Gasteiger partial charge in [-0.15, -0.1) is 0 Å². The van der Waals surface area contributed by atoms with Crippen LogP contribution in [-0.2, 0) is 17.6 Å². The average molecular weight is 425 g/mol. The summed E-state index contributed by atoms with van der Waals surface area (Å²) < 4.78 is 5.58. The molecule has 7 nitrogen and oxygen atoms in total. The van der Waals surface area contributed by atoms with Gasteiger partial charge < -0.3 is 9.64 Å². The predicted octanol–water partition coefficient (Wildman–Crippen LogP) is 4.37. The Morgan fingerprint density at radius 2 is 1.72 bits per heavy atom. The smallest absolute Gasteiger partial charge is 0.159 e. The molecule has 0 atom stereocenters. The fourth-order valence-electron chi connectivity index (χ4n) is 5.45. The number of rotatable bonds is 2. The highest BCUT2D eigenvalue weighted by Crippen LogP contribution is 2.40. The Kier molecular flexibility index (Phi) is 3.99. The van der Waals surface area contributed by atoms with Gasteiger partial charge in [0, 0.05) is 29.4 Å². The number of aryl methyl sites for hydroxylation is 1. The number of nitrogens with one attached hydrogen (secondary N) is 2. The molecule has 1 fully saturated rings. The summed E-state index contributed by atoms with van der Waals surface area (Å²) in [6, 6.07) is 10.7. The van der Waals surface area contributed by atoms with Gasteiger partial charge in [0.25, 0.3) is 0 Å². The fourth-order valence-corrected chi connectivity index (χ4v) is 5.45. The third-order valence-corrected chi connectivity index (χ3v) is 7.00. The molecular formula is C25H24N6O. The van der Waals surface area contributed by atoms with Crippen molar-refractivity contribution in [2.45, 2.75) is 25.7 Å². The topological polar surface area (TPSA) is 82.7 Å². The Morgan fingerprint density at radius 3 is 2.62 bits per heavy atom. The van der Waals surface area contributed by atoms with E-state index in [4.69, 9.17) is 14.8 Å². The monoisotopic (exact) mass is 424 g/mol. The van der Waals surface area contributed by atoms with Gasteiger partial charge in [-0.3, -0.25) is 10.2 Å². The summed E-state index contributed by atoms with van der Waals surface area (Å²) in [7, 11) is 0. The van der Waals surface area contributed by atoms with Crippen molar-refractivity contribution in [2.75, 3.05) is 31.2 Å². The van der Waals surface area contributed by atoms with Crippen LogP contribution in [0.2, 0.25) is 0 Å². The maximum absolute atomic E-state index is 5.58. The van der Waals surface area contributed by atoms with Gasteiger partial charge in [-0.25, -0.2) is 4.98 Å². The molecule has 0 bridgehead atoms. The summed E-state index contributed by atoms with van der Waals surface area (Å²) in [5.41, 5.74) is 8.32. The quantitative estimate of drug-likeness (QED) is 0.440. The third kappa shape index (κ3) is 2.67. The molecule has 0 amide bonds. The highest BCUT2D eigenvalue weighted by molar-refractivity contribution is 6.13. The third-order valence-electron chi connectivity index (χ3n) is 7.00. The van der Waals surface area contributed by atoms with Gasteiger partial charge in [-0.05, 0) is 61.1 Å². The lowest BCUT2D eigenvalue weighted by Crippen LogP contribution is -2.36. The number of pyridine rings is 1. The van der Waals surface area contributed by atoms with E-state index in [0.717, 1.165) is 72.6 Å². The Bertz CT molecular complexity index is 1480. The van der Waals surface area contributed by atoms with Crippen LogP contribution in [0.3, 0.4) is 0 Å².